The molecule has 0 fully saturated rings. The normalized spacial score (nSPS) is 11.1. The van der Waals surface area contributed by atoms with Crippen LogP contribution in [0.1, 0.15) is 29.9 Å². The highest BCUT2D eigenvalue weighted by molar-refractivity contribution is 6.06. The van der Waals surface area contributed by atoms with Gasteiger partial charge in [0, 0.05) is 24.2 Å². The van der Waals surface area contributed by atoms with E-state index in [4.69, 9.17) is 0 Å². The Balaban J connectivity index is 2.18. The van der Waals surface area contributed by atoms with Crippen LogP contribution in [0.5, 0.6) is 0 Å². The molecule has 1 amide bonds. The molecule has 0 saturated heterocycles. The van der Waals surface area contributed by atoms with Crippen molar-refractivity contribution in [2.45, 2.75) is 20.8 Å². The zero-order valence-corrected chi connectivity index (χ0v) is 13.3. The van der Waals surface area contributed by atoms with Crippen LogP contribution in [-0.4, -0.2) is 42.0 Å². The molecule has 0 unspecified atom stereocenters. The molecule has 2 aromatic rings. The van der Waals surface area contributed by atoms with Crippen molar-refractivity contribution in [2.24, 2.45) is 0 Å². The molecular formula is C17H22FN3O. The first-order valence-electron chi connectivity index (χ1n) is 7.62. The molecule has 1 N–H and O–H groups in total. The van der Waals surface area contributed by atoms with Gasteiger partial charge in [-0.3, -0.25) is 9.78 Å². The van der Waals surface area contributed by atoms with Crippen molar-refractivity contribution >= 4 is 16.8 Å². The zero-order chi connectivity index (χ0) is 16.1. The third-order valence-corrected chi connectivity index (χ3v) is 3.75. The van der Waals surface area contributed by atoms with E-state index in [1.807, 2.05) is 6.92 Å². The smallest absolute Gasteiger partial charge is 0.252 e. The summed E-state index contributed by atoms with van der Waals surface area (Å²) in [4.78, 5) is 19.0. The minimum Gasteiger partial charge on any atom is -0.351 e. The van der Waals surface area contributed by atoms with Crippen molar-refractivity contribution in [3.05, 3.63) is 41.3 Å². The monoisotopic (exact) mass is 303 g/mol. The first-order valence-corrected chi connectivity index (χ1v) is 7.62. The topological polar surface area (TPSA) is 45.2 Å². The van der Waals surface area contributed by atoms with Crippen molar-refractivity contribution in [1.82, 2.24) is 15.2 Å². The lowest BCUT2D eigenvalue weighted by molar-refractivity contribution is 0.0950. The highest BCUT2D eigenvalue weighted by atomic mass is 19.1. The number of rotatable bonds is 6. The predicted octanol–water partition coefficient (Wildman–Crippen LogP) is 2.75. The van der Waals surface area contributed by atoms with E-state index in [0.29, 0.717) is 23.0 Å². The van der Waals surface area contributed by atoms with Crippen LogP contribution in [0.25, 0.3) is 10.9 Å². The van der Waals surface area contributed by atoms with Crippen LogP contribution in [0.2, 0.25) is 0 Å². The van der Waals surface area contributed by atoms with E-state index in [-0.39, 0.29) is 11.7 Å². The molecule has 0 bridgehead atoms. The minimum atomic E-state index is -0.365. The average molecular weight is 303 g/mol. The Morgan fingerprint density at radius 3 is 2.68 bits per heavy atom. The first-order chi connectivity index (χ1) is 10.5. The largest absolute Gasteiger partial charge is 0.351 e. The second kappa shape index (κ2) is 7.31. The fourth-order valence-corrected chi connectivity index (χ4v) is 2.48. The summed E-state index contributed by atoms with van der Waals surface area (Å²) in [5, 5.41) is 3.45. The maximum absolute atomic E-state index is 13.5. The van der Waals surface area contributed by atoms with Crippen LogP contribution in [0, 0.1) is 12.7 Å². The summed E-state index contributed by atoms with van der Waals surface area (Å²) in [5.74, 6) is -0.552. The van der Waals surface area contributed by atoms with Gasteiger partial charge in [0.1, 0.15) is 5.82 Å². The number of carbonyl (C=O) groups excluding carboxylic acids is 1. The molecule has 2 rings (SSSR count). The quantitative estimate of drug-likeness (QED) is 0.892. The minimum absolute atomic E-state index is 0.187. The van der Waals surface area contributed by atoms with Crippen molar-refractivity contribution in [1.29, 1.82) is 0 Å². The summed E-state index contributed by atoms with van der Waals surface area (Å²) in [7, 11) is 0. The molecule has 22 heavy (non-hydrogen) atoms. The summed E-state index contributed by atoms with van der Waals surface area (Å²) >= 11 is 0. The number of nitrogens with one attached hydrogen (secondary N) is 1. The first kappa shape index (κ1) is 16.4. The fourth-order valence-electron chi connectivity index (χ4n) is 2.48. The van der Waals surface area contributed by atoms with Gasteiger partial charge in [-0.25, -0.2) is 4.39 Å². The predicted molar refractivity (Wildman–Crippen MR) is 86.6 cm³/mol. The molecule has 0 aliphatic rings. The van der Waals surface area contributed by atoms with Gasteiger partial charge in [0.15, 0.2) is 0 Å². The molecule has 4 nitrogen and oxygen atoms in total. The van der Waals surface area contributed by atoms with Crippen molar-refractivity contribution < 1.29 is 9.18 Å². The number of pyridine rings is 1. The Hall–Kier alpha value is -2.01. The van der Waals surface area contributed by atoms with Crippen LogP contribution in [0.15, 0.2) is 24.3 Å². The Kier molecular flexibility index (Phi) is 5.44. The number of hydrogen-bond donors (Lipinski definition) is 1. The Labute approximate surface area is 130 Å². The number of hydrogen-bond acceptors (Lipinski definition) is 3. The van der Waals surface area contributed by atoms with E-state index in [2.05, 4.69) is 29.0 Å². The summed E-state index contributed by atoms with van der Waals surface area (Å²) < 4.78 is 13.5. The molecular weight excluding hydrogens is 281 g/mol. The molecule has 0 atom stereocenters. The van der Waals surface area contributed by atoms with Gasteiger partial charge in [0.25, 0.3) is 5.91 Å². The van der Waals surface area contributed by atoms with E-state index in [1.165, 1.54) is 12.1 Å². The van der Waals surface area contributed by atoms with Gasteiger partial charge in [0.05, 0.1) is 11.1 Å². The molecule has 1 aromatic heterocycles. The van der Waals surface area contributed by atoms with E-state index >= 15 is 0 Å². The van der Waals surface area contributed by atoms with Gasteiger partial charge in [-0.05, 0) is 44.3 Å². The standard InChI is InChI=1S/C17H22FN3O/c1-4-21(5-2)9-8-19-17(22)15-10-12(3)20-16-7-6-13(18)11-14(15)16/h6-7,10-11H,4-5,8-9H2,1-3H3,(H,19,22). The maximum atomic E-state index is 13.5. The Morgan fingerprint density at radius 2 is 2.00 bits per heavy atom. The van der Waals surface area contributed by atoms with Crippen LogP contribution in [-0.2, 0) is 0 Å². The van der Waals surface area contributed by atoms with Gasteiger partial charge < -0.3 is 10.2 Å². The maximum Gasteiger partial charge on any atom is 0.252 e. The van der Waals surface area contributed by atoms with Gasteiger partial charge >= 0.3 is 0 Å². The number of likely N-dealkylation sites (N-methyl/N-ethyl adjacent to an activating group) is 1. The second-order valence-corrected chi connectivity index (χ2v) is 5.26. The molecule has 1 heterocycles. The zero-order valence-electron chi connectivity index (χ0n) is 13.3. The highest BCUT2D eigenvalue weighted by Gasteiger charge is 2.12. The van der Waals surface area contributed by atoms with Crippen molar-refractivity contribution in [2.75, 3.05) is 26.2 Å². The molecule has 0 saturated carbocycles. The molecule has 5 heteroatoms. The number of nitrogens with zero attached hydrogens (tertiary/aromatic N) is 2. The van der Waals surface area contributed by atoms with E-state index < -0.39 is 0 Å². The second-order valence-electron chi connectivity index (χ2n) is 5.26. The molecule has 0 aliphatic carbocycles. The Morgan fingerprint density at radius 1 is 1.27 bits per heavy atom. The fraction of sp³-hybridized carbons (Fsp3) is 0.412. The summed E-state index contributed by atoms with van der Waals surface area (Å²) in [6.45, 7) is 9.29. The lowest BCUT2D eigenvalue weighted by Crippen LogP contribution is -2.34. The third-order valence-electron chi connectivity index (χ3n) is 3.75. The number of fused-ring (bicyclic) bond motifs is 1. The number of aryl methyl sites for hydroxylation is 1. The third kappa shape index (κ3) is 3.80. The summed E-state index contributed by atoms with van der Waals surface area (Å²) in [6.07, 6.45) is 0. The average Bonchev–Trinajstić information content (AvgIpc) is 2.51. The molecule has 1 aromatic carbocycles. The number of benzene rings is 1. The summed E-state index contributed by atoms with van der Waals surface area (Å²) in [6, 6.07) is 6.02. The van der Waals surface area contributed by atoms with E-state index in [0.717, 1.165) is 25.3 Å². The van der Waals surface area contributed by atoms with Crippen molar-refractivity contribution in [3.8, 4) is 0 Å². The lowest BCUT2D eigenvalue weighted by Gasteiger charge is -2.18. The van der Waals surface area contributed by atoms with Crippen LogP contribution >= 0.6 is 0 Å². The number of halogens is 1. The van der Waals surface area contributed by atoms with Gasteiger partial charge in [-0.1, -0.05) is 13.8 Å². The van der Waals surface area contributed by atoms with Crippen LogP contribution in [0.4, 0.5) is 4.39 Å². The number of amides is 1. The van der Waals surface area contributed by atoms with Gasteiger partial charge in [-0.2, -0.15) is 0 Å². The van der Waals surface area contributed by atoms with E-state index in [9.17, 15) is 9.18 Å². The van der Waals surface area contributed by atoms with Crippen molar-refractivity contribution in [3.63, 3.8) is 0 Å². The molecule has 0 aliphatic heterocycles. The van der Waals surface area contributed by atoms with Crippen LogP contribution < -0.4 is 5.32 Å². The summed E-state index contributed by atoms with van der Waals surface area (Å²) in [5.41, 5.74) is 1.85. The number of aromatic nitrogens is 1. The molecule has 118 valence electrons. The number of carbonyl (C=O) groups is 1. The molecule has 0 spiro atoms. The van der Waals surface area contributed by atoms with Crippen LogP contribution in [0.3, 0.4) is 0 Å². The Bertz CT molecular complexity index is 668. The van der Waals surface area contributed by atoms with Gasteiger partial charge in [-0.15, -0.1) is 0 Å². The van der Waals surface area contributed by atoms with E-state index in [1.54, 1.807) is 12.1 Å². The highest BCUT2D eigenvalue weighted by Crippen LogP contribution is 2.19. The molecule has 0 radical (unpaired) electrons. The lowest BCUT2D eigenvalue weighted by atomic mass is 10.1. The SMILES string of the molecule is CCN(CC)CCNC(=O)c1cc(C)nc2ccc(F)cc12. The van der Waals surface area contributed by atoms with Gasteiger partial charge in [0.2, 0.25) is 0 Å².